The molecule has 0 unspecified atom stereocenters. The first-order valence-electron chi connectivity index (χ1n) is 11.9. The first-order valence-corrected chi connectivity index (χ1v) is 12.3. The minimum atomic E-state index is -1.33. The second kappa shape index (κ2) is 9.53. The van der Waals surface area contributed by atoms with Crippen molar-refractivity contribution < 1.29 is 27.8 Å². The highest BCUT2D eigenvalue weighted by atomic mass is 35.5. The molecule has 0 spiro atoms. The fourth-order valence-corrected chi connectivity index (χ4v) is 4.91. The number of fused-ring (bicyclic) bond motifs is 2. The molecule has 0 aliphatic heterocycles. The number of aliphatic carboxylic acids is 1. The molecule has 0 radical (unpaired) electrons. The molecule has 0 amide bonds. The molecule has 9 heteroatoms. The number of carboxylic acid groups (broad SMARTS) is 1. The Bertz CT molecular complexity index is 1700. The molecule has 0 aliphatic carbocycles. The van der Waals surface area contributed by atoms with E-state index in [2.05, 4.69) is 0 Å². The highest BCUT2D eigenvalue weighted by Gasteiger charge is 2.33. The number of halogens is 3. The van der Waals surface area contributed by atoms with E-state index in [0.29, 0.717) is 49.6 Å². The molecule has 1 N–H and O–H groups in total. The molecule has 3 aromatic heterocycles. The number of hydrogen-bond acceptors (Lipinski definition) is 4. The average Bonchev–Trinajstić information content (AvgIpc) is 3.44. The molecule has 38 heavy (non-hydrogen) atoms. The van der Waals surface area contributed by atoms with Gasteiger partial charge in [0, 0.05) is 52.0 Å². The second-order valence-electron chi connectivity index (χ2n) is 10.2. The van der Waals surface area contributed by atoms with Crippen molar-refractivity contribution in [2.24, 2.45) is 0 Å². The van der Waals surface area contributed by atoms with Crippen molar-refractivity contribution in [3.63, 3.8) is 0 Å². The monoisotopic (exact) mass is 538 g/mol. The summed E-state index contributed by atoms with van der Waals surface area (Å²) in [7, 11) is 0. The van der Waals surface area contributed by atoms with Crippen LogP contribution in [0.5, 0.6) is 0 Å². The van der Waals surface area contributed by atoms with Gasteiger partial charge in [-0.15, -0.1) is 0 Å². The number of furan rings is 1. The van der Waals surface area contributed by atoms with Crippen LogP contribution in [0.3, 0.4) is 0 Å². The molecule has 2 aromatic carbocycles. The number of pyridine rings is 1. The number of nitrogens with zero attached hydrogens (tertiary/aromatic N) is 2. The maximum absolute atomic E-state index is 13.9. The third-order valence-corrected chi connectivity index (χ3v) is 6.56. The number of hydrogen-bond donors (Lipinski definition) is 1. The summed E-state index contributed by atoms with van der Waals surface area (Å²) in [5, 5.41) is 12.0. The standard InChI is InChI=1S/C29H25ClF2N2O4/c1-15-24(26(28(35)36)38-29(2,3)4)25(19-12-17-8-10-37-23(17)13-20(19)30)18-7-9-34(27(18)33-15)14-16-5-6-21(31)22(32)11-16/h5-13,26H,14H2,1-4H3,(H,35,36)/t26-/m1/s1. The van der Waals surface area contributed by atoms with Crippen LogP contribution in [0.15, 0.2) is 59.3 Å². The average molecular weight is 539 g/mol. The van der Waals surface area contributed by atoms with Gasteiger partial charge in [0.2, 0.25) is 0 Å². The topological polar surface area (TPSA) is 77.5 Å². The smallest absolute Gasteiger partial charge is 0.337 e. The molecule has 0 aliphatic rings. The van der Waals surface area contributed by atoms with E-state index in [1.54, 1.807) is 56.9 Å². The lowest BCUT2D eigenvalue weighted by Crippen LogP contribution is -2.28. The van der Waals surface area contributed by atoms with Gasteiger partial charge in [0.15, 0.2) is 17.7 Å². The van der Waals surface area contributed by atoms with Gasteiger partial charge in [0.1, 0.15) is 11.2 Å². The quantitative estimate of drug-likeness (QED) is 0.240. The summed E-state index contributed by atoms with van der Waals surface area (Å²) in [4.78, 5) is 17.3. The molecule has 0 fully saturated rings. The largest absolute Gasteiger partial charge is 0.479 e. The zero-order valence-electron chi connectivity index (χ0n) is 21.2. The summed E-state index contributed by atoms with van der Waals surface area (Å²) in [5.74, 6) is -3.02. The summed E-state index contributed by atoms with van der Waals surface area (Å²) in [5.41, 5.74) is 2.91. The molecule has 3 heterocycles. The van der Waals surface area contributed by atoms with Crippen LogP contribution in [0, 0.1) is 18.6 Å². The molecule has 0 saturated carbocycles. The number of rotatable bonds is 6. The zero-order valence-corrected chi connectivity index (χ0v) is 21.9. The summed E-state index contributed by atoms with van der Waals surface area (Å²) in [6.07, 6.45) is 2.00. The Morgan fingerprint density at radius 2 is 1.92 bits per heavy atom. The number of carboxylic acids is 1. The normalized spacial score (nSPS) is 12.9. The number of aryl methyl sites for hydroxylation is 1. The fourth-order valence-electron chi connectivity index (χ4n) is 4.66. The van der Waals surface area contributed by atoms with Crippen molar-refractivity contribution >= 4 is 39.6 Å². The van der Waals surface area contributed by atoms with Gasteiger partial charge >= 0.3 is 5.97 Å². The van der Waals surface area contributed by atoms with Crippen molar-refractivity contribution in [2.75, 3.05) is 0 Å². The van der Waals surface area contributed by atoms with Crippen LogP contribution in [0.2, 0.25) is 5.02 Å². The van der Waals surface area contributed by atoms with Crippen LogP contribution in [-0.2, 0) is 16.1 Å². The van der Waals surface area contributed by atoms with E-state index in [-0.39, 0.29) is 6.54 Å². The molecule has 1 atom stereocenters. The zero-order chi connectivity index (χ0) is 27.4. The van der Waals surface area contributed by atoms with E-state index < -0.39 is 29.3 Å². The van der Waals surface area contributed by atoms with Crippen LogP contribution in [0.4, 0.5) is 8.78 Å². The maximum atomic E-state index is 13.9. The predicted octanol–water partition coefficient (Wildman–Crippen LogP) is 7.68. The van der Waals surface area contributed by atoms with E-state index in [0.717, 1.165) is 17.5 Å². The molecule has 0 saturated heterocycles. The van der Waals surface area contributed by atoms with Gasteiger partial charge in [-0.1, -0.05) is 17.7 Å². The number of benzene rings is 2. The van der Waals surface area contributed by atoms with E-state index in [9.17, 15) is 18.7 Å². The molecule has 5 aromatic rings. The van der Waals surface area contributed by atoms with E-state index in [1.807, 2.05) is 12.1 Å². The predicted molar refractivity (Wildman–Crippen MR) is 141 cm³/mol. The lowest BCUT2D eigenvalue weighted by atomic mass is 9.91. The first kappa shape index (κ1) is 25.9. The van der Waals surface area contributed by atoms with Gasteiger partial charge in [-0.05, 0) is 63.6 Å². The van der Waals surface area contributed by atoms with Crippen molar-refractivity contribution in [2.45, 2.75) is 45.9 Å². The van der Waals surface area contributed by atoms with E-state index >= 15 is 0 Å². The summed E-state index contributed by atoms with van der Waals surface area (Å²) in [6.45, 7) is 7.30. The van der Waals surface area contributed by atoms with Crippen LogP contribution < -0.4 is 0 Å². The molecule has 5 rings (SSSR count). The summed E-state index contributed by atoms with van der Waals surface area (Å²) in [6, 6.07) is 10.9. The van der Waals surface area contributed by atoms with Gasteiger partial charge < -0.3 is 18.8 Å². The Kier molecular flexibility index (Phi) is 6.49. The number of aromatic nitrogens is 2. The van der Waals surface area contributed by atoms with E-state index in [4.69, 9.17) is 25.7 Å². The maximum Gasteiger partial charge on any atom is 0.337 e. The number of ether oxygens (including phenoxy) is 1. The Labute approximate surface area is 222 Å². The Morgan fingerprint density at radius 3 is 2.61 bits per heavy atom. The van der Waals surface area contributed by atoms with Crippen LogP contribution in [0.1, 0.15) is 43.7 Å². The third kappa shape index (κ3) is 4.77. The van der Waals surface area contributed by atoms with Crippen LogP contribution in [0.25, 0.3) is 33.1 Å². The molecule has 196 valence electrons. The molecular formula is C29H25ClF2N2O4. The lowest BCUT2D eigenvalue weighted by Gasteiger charge is -2.28. The molecule has 6 nitrogen and oxygen atoms in total. The Balaban J connectivity index is 1.79. The molecule has 0 bridgehead atoms. The fraction of sp³-hybridized carbons (Fsp3) is 0.241. The van der Waals surface area contributed by atoms with Gasteiger partial charge in [-0.25, -0.2) is 18.6 Å². The van der Waals surface area contributed by atoms with Crippen molar-refractivity contribution in [1.82, 2.24) is 9.55 Å². The highest BCUT2D eigenvalue weighted by molar-refractivity contribution is 6.34. The molecular weight excluding hydrogens is 514 g/mol. The Morgan fingerprint density at radius 1 is 1.16 bits per heavy atom. The SMILES string of the molecule is Cc1nc2c(ccn2Cc2ccc(F)c(F)c2)c(-c2cc3ccoc3cc2Cl)c1[C@@H](OC(C)(C)C)C(=O)O. The van der Waals surface area contributed by atoms with Gasteiger partial charge in [0.25, 0.3) is 0 Å². The van der Waals surface area contributed by atoms with Crippen molar-refractivity contribution in [3.05, 3.63) is 88.4 Å². The van der Waals surface area contributed by atoms with Crippen molar-refractivity contribution in [1.29, 1.82) is 0 Å². The second-order valence-corrected chi connectivity index (χ2v) is 10.6. The minimum absolute atomic E-state index is 0.223. The Hall–Kier alpha value is -3.75. The lowest BCUT2D eigenvalue weighted by molar-refractivity contribution is -0.160. The highest BCUT2D eigenvalue weighted by Crippen LogP contribution is 2.43. The van der Waals surface area contributed by atoms with Crippen LogP contribution >= 0.6 is 11.6 Å². The first-order chi connectivity index (χ1) is 17.9. The van der Waals surface area contributed by atoms with Gasteiger partial charge in [-0.2, -0.15) is 0 Å². The van der Waals surface area contributed by atoms with Gasteiger partial charge in [-0.3, -0.25) is 0 Å². The van der Waals surface area contributed by atoms with Crippen molar-refractivity contribution in [3.8, 4) is 11.1 Å². The van der Waals surface area contributed by atoms with E-state index in [1.165, 1.54) is 6.07 Å². The summed E-state index contributed by atoms with van der Waals surface area (Å²) >= 11 is 6.75. The minimum Gasteiger partial charge on any atom is -0.479 e. The number of carbonyl (C=O) groups is 1. The third-order valence-electron chi connectivity index (χ3n) is 6.24. The van der Waals surface area contributed by atoms with Crippen LogP contribution in [-0.4, -0.2) is 26.2 Å². The summed E-state index contributed by atoms with van der Waals surface area (Å²) < 4.78 is 40.7. The van der Waals surface area contributed by atoms with Gasteiger partial charge in [0.05, 0.1) is 16.9 Å².